The highest BCUT2D eigenvalue weighted by Gasteiger charge is 2.10. The first kappa shape index (κ1) is 14.8. The second-order valence-electron chi connectivity index (χ2n) is 4.75. The number of ether oxygens (including phenoxy) is 1. The molecule has 0 aromatic heterocycles. The lowest BCUT2D eigenvalue weighted by molar-refractivity contribution is 0.190. The molecule has 1 N–H and O–H groups in total. The first-order valence-corrected chi connectivity index (χ1v) is 6.70. The lowest BCUT2D eigenvalue weighted by Gasteiger charge is -2.14. The van der Waals surface area contributed by atoms with E-state index in [0.29, 0.717) is 11.3 Å². The van der Waals surface area contributed by atoms with Crippen LogP contribution in [0.5, 0.6) is 5.75 Å². The van der Waals surface area contributed by atoms with Gasteiger partial charge in [-0.1, -0.05) is 29.3 Å². The van der Waals surface area contributed by atoms with E-state index in [0.717, 1.165) is 11.1 Å². The largest absolute Gasteiger partial charge is 0.489 e. The second kappa shape index (κ2) is 6.25. The number of aliphatic hydroxyl groups is 1. The zero-order valence-electron chi connectivity index (χ0n) is 11.4. The van der Waals surface area contributed by atoms with Gasteiger partial charge in [-0.05, 0) is 43.7 Å². The molecule has 0 aliphatic rings. The van der Waals surface area contributed by atoms with Crippen LogP contribution >= 0.6 is 11.6 Å². The molecule has 1 unspecified atom stereocenters. The third-order valence-electron chi connectivity index (χ3n) is 2.99. The molecule has 0 fully saturated rings. The predicted molar refractivity (Wildman–Crippen MR) is 77.6 cm³/mol. The summed E-state index contributed by atoms with van der Waals surface area (Å²) in [5, 5.41) is 9.84. The van der Waals surface area contributed by atoms with Crippen LogP contribution in [-0.4, -0.2) is 5.11 Å². The van der Waals surface area contributed by atoms with Crippen LogP contribution in [-0.2, 0) is 6.61 Å². The molecule has 106 valence electrons. The van der Waals surface area contributed by atoms with Gasteiger partial charge >= 0.3 is 0 Å². The van der Waals surface area contributed by atoms with E-state index in [-0.39, 0.29) is 11.6 Å². The van der Waals surface area contributed by atoms with Crippen molar-refractivity contribution in [1.82, 2.24) is 0 Å². The highest BCUT2D eigenvalue weighted by atomic mass is 35.5. The Hall–Kier alpha value is -1.58. The molecule has 2 aromatic rings. The Morgan fingerprint density at radius 3 is 2.65 bits per heavy atom. The first-order chi connectivity index (χ1) is 9.47. The smallest absolute Gasteiger partial charge is 0.142 e. The molecule has 0 heterocycles. The van der Waals surface area contributed by atoms with Gasteiger partial charge in [0.25, 0.3) is 0 Å². The molecule has 0 radical (unpaired) electrons. The molecule has 20 heavy (non-hydrogen) atoms. The molecule has 1 atom stereocenters. The van der Waals surface area contributed by atoms with Crippen molar-refractivity contribution in [2.75, 3.05) is 0 Å². The highest BCUT2D eigenvalue weighted by molar-refractivity contribution is 6.30. The minimum atomic E-state index is -0.619. The summed E-state index contributed by atoms with van der Waals surface area (Å²) >= 11 is 5.63. The lowest BCUT2D eigenvalue weighted by atomic mass is 10.1. The summed E-state index contributed by atoms with van der Waals surface area (Å²) in [5.74, 6) is 0.133. The zero-order chi connectivity index (χ0) is 14.7. The van der Waals surface area contributed by atoms with Gasteiger partial charge in [-0.15, -0.1) is 0 Å². The Kier molecular flexibility index (Phi) is 4.63. The van der Waals surface area contributed by atoms with Gasteiger partial charge in [0.2, 0.25) is 0 Å². The Balaban J connectivity index is 2.16. The van der Waals surface area contributed by atoms with Gasteiger partial charge in [0.15, 0.2) is 0 Å². The molecular weight excluding hydrogens is 279 g/mol. The van der Waals surface area contributed by atoms with Crippen LogP contribution in [0.3, 0.4) is 0 Å². The first-order valence-electron chi connectivity index (χ1n) is 6.32. The predicted octanol–water partition coefficient (Wildman–Crippen LogP) is 4.42. The van der Waals surface area contributed by atoms with Crippen molar-refractivity contribution < 1.29 is 14.2 Å². The number of rotatable bonds is 4. The van der Waals surface area contributed by atoms with Crippen molar-refractivity contribution >= 4 is 11.6 Å². The third-order valence-corrected chi connectivity index (χ3v) is 3.30. The third kappa shape index (κ3) is 3.50. The van der Waals surface area contributed by atoms with E-state index in [2.05, 4.69) is 0 Å². The van der Waals surface area contributed by atoms with E-state index in [1.54, 1.807) is 13.0 Å². The fourth-order valence-electron chi connectivity index (χ4n) is 1.92. The van der Waals surface area contributed by atoms with E-state index in [4.69, 9.17) is 16.3 Å². The number of hydrogen-bond donors (Lipinski definition) is 1. The van der Waals surface area contributed by atoms with Crippen molar-refractivity contribution in [3.63, 3.8) is 0 Å². The number of aliphatic hydroxyl groups excluding tert-OH is 1. The number of halogens is 2. The average Bonchev–Trinajstić information content (AvgIpc) is 2.41. The summed E-state index contributed by atoms with van der Waals surface area (Å²) in [4.78, 5) is 0. The summed E-state index contributed by atoms with van der Waals surface area (Å²) in [5.41, 5.74) is 2.45. The van der Waals surface area contributed by atoms with Crippen LogP contribution < -0.4 is 4.74 Å². The molecule has 2 rings (SSSR count). The molecule has 0 saturated carbocycles. The molecule has 0 saturated heterocycles. The lowest BCUT2D eigenvalue weighted by Crippen LogP contribution is -2.01. The fourth-order valence-corrected chi connectivity index (χ4v) is 2.03. The van der Waals surface area contributed by atoms with Crippen molar-refractivity contribution in [1.29, 1.82) is 0 Å². The minimum absolute atomic E-state index is 0.0914. The average molecular weight is 295 g/mol. The van der Waals surface area contributed by atoms with Gasteiger partial charge in [0.1, 0.15) is 18.2 Å². The molecule has 0 amide bonds. The maximum atomic E-state index is 13.3. The monoisotopic (exact) mass is 294 g/mol. The van der Waals surface area contributed by atoms with Crippen LogP contribution in [0.15, 0.2) is 36.4 Å². The van der Waals surface area contributed by atoms with Crippen LogP contribution in [0, 0.1) is 12.7 Å². The Bertz CT molecular complexity index is 611. The van der Waals surface area contributed by atoms with Gasteiger partial charge in [0, 0.05) is 5.56 Å². The van der Waals surface area contributed by atoms with Crippen molar-refractivity contribution in [2.45, 2.75) is 26.6 Å². The summed E-state index contributed by atoms with van der Waals surface area (Å²) in [7, 11) is 0. The molecule has 4 heteroatoms. The quantitative estimate of drug-likeness (QED) is 0.904. The van der Waals surface area contributed by atoms with Crippen molar-refractivity contribution in [3.05, 3.63) is 63.9 Å². The molecule has 2 aromatic carbocycles. The maximum absolute atomic E-state index is 13.3. The zero-order valence-corrected chi connectivity index (χ0v) is 12.1. The van der Waals surface area contributed by atoms with Crippen molar-refractivity contribution in [3.8, 4) is 5.75 Å². The minimum Gasteiger partial charge on any atom is -0.489 e. The fraction of sp³-hybridized carbons (Fsp3) is 0.250. The Labute approximate surface area is 122 Å². The number of hydrogen-bond acceptors (Lipinski definition) is 2. The van der Waals surface area contributed by atoms with Gasteiger partial charge in [-0.2, -0.15) is 0 Å². The number of benzene rings is 2. The van der Waals surface area contributed by atoms with Gasteiger partial charge < -0.3 is 9.84 Å². The topological polar surface area (TPSA) is 29.5 Å². The van der Waals surface area contributed by atoms with Crippen molar-refractivity contribution in [2.24, 2.45) is 0 Å². The van der Waals surface area contributed by atoms with E-state index in [1.165, 1.54) is 12.1 Å². The molecule has 0 spiro atoms. The van der Waals surface area contributed by atoms with Crippen LogP contribution in [0.1, 0.15) is 29.7 Å². The van der Waals surface area contributed by atoms with E-state index >= 15 is 0 Å². The standard InChI is InChI=1S/C16H16ClFO2/c1-10-3-6-16(13(7-10)11(2)19)20-9-12-4-5-14(17)15(18)8-12/h3-8,11,19H,9H2,1-2H3. The van der Waals surface area contributed by atoms with Crippen LogP contribution in [0.2, 0.25) is 5.02 Å². The summed E-state index contributed by atoms with van der Waals surface area (Å²) in [6.45, 7) is 3.85. The normalized spacial score (nSPS) is 12.2. The highest BCUT2D eigenvalue weighted by Crippen LogP contribution is 2.27. The van der Waals surface area contributed by atoms with E-state index in [9.17, 15) is 9.50 Å². The molecule has 0 aliphatic heterocycles. The Morgan fingerprint density at radius 1 is 1.25 bits per heavy atom. The molecular formula is C16H16ClFO2. The SMILES string of the molecule is Cc1ccc(OCc2ccc(Cl)c(F)c2)c(C(C)O)c1. The molecule has 0 aliphatic carbocycles. The van der Waals surface area contributed by atoms with Gasteiger partial charge in [-0.3, -0.25) is 0 Å². The van der Waals surface area contributed by atoms with Gasteiger partial charge in [0.05, 0.1) is 11.1 Å². The van der Waals surface area contributed by atoms with E-state index in [1.807, 2.05) is 25.1 Å². The molecule has 2 nitrogen and oxygen atoms in total. The summed E-state index contributed by atoms with van der Waals surface area (Å²) in [6.07, 6.45) is -0.619. The summed E-state index contributed by atoms with van der Waals surface area (Å²) in [6, 6.07) is 10.1. The second-order valence-corrected chi connectivity index (χ2v) is 5.16. The Morgan fingerprint density at radius 2 is 2.00 bits per heavy atom. The maximum Gasteiger partial charge on any atom is 0.142 e. The number of aryl methyl sites for hydroxylation is 1. The van der Waals surface area contributed by atoms with Crippen LogP contribution in [0.4, 0.5) is 4.39 Å². The van der Waals surface area contributed by atoms with Gasteiger partial charge in [-0.25, -0.2) is 4.39 Å². The molecule has 0 bridgehead atoms. The summed E-state index contributed by atoms with van der Waals surface area (Å²) < 4.78 is 19.0. The van der Waals surface area contributed by atoms with Crippen LogP contribution in [0.25, 0.3) is 0 Å². The van der Waals surface area contributed by atoms with E-state index < -0.39 is 11.9 Å².